The maximum absolute atomic E-state index is 13.4. The van der Waals surface area contributed by atoms with Crippen molar-refractivity contribution in [3.8, 4) is 0 Å². The van der Waals surface area contributed by atoms with Gasteiger partial charge in [-0.15, -0.1) is 0 Å². The van der Waals surface area contributed by atoms with Gasteiger partial charge in [-0.3, -0.25) is 4.79 Å². The first-order valence-electron chi connectivity index (χ1n) is 6.65. The van der Waals surface area contributed by atoms with E-state index in [0.717, 1.165) is 18.4 Å². The average Bonchev–Trinajstić information content (AvgIpc) is 3.11. The SMILES string of the molecule is Nc1cc(C(=O)N2CCCC2c2ccsc2)c(Br)cc1F. The zero-order valence-corrected chi connectivity index (χ0v) is 13.6. The second-order valence-electron chi connectivity index (χ2n) is 5.07. The highest BCUT2D eigenvalue weighted by Gasteiger charge is 2.31. The van der Waals surface area contributed by atoms with Crippen molar-refractivity contribution in [2.45, 2.75) is 18.9 Å². The quantitative estimate of drug-likeness (QED) is 0.807. The smallest absolute Gasteiger partial charge is 0.255 e. The number of benzene rings is 1. The van der Waals surface area contributed by atoms with Crippen molar-refractivity contribution in [3.05, 3.63) is 50.4 Å². The van der Waals surface area contributed by atoms with E-state index in [0.29, 0.717) is 16.6 Å². The number of halogens is 2. The van der Waals surface area contributed by atoms with E-state index in [2.05, 4.69) is 27.4 Å². The van der Waals surface area contributed by atoms with Crippen LogP contribution in [0.25, 0.3) is 0 Å². The molecule has 1 fully saturated rings. The molecule has 1 aliphatic rings. The van der Waals surface area contributed by atoms with Crippen molar-refractivity contribution in [2.24, 2.45) is 0 Å². The fraction of sp³-hybridized carbons (Fsp3) is 0.267. The molecule has 3 nitrogen and oxygen atoms in total. The van der Waals surface area contributed by atoms with E-state index in [1.165, 1.54) is 12.1 Å². The number of thiophene rings is 1. The zero-order valence-electron chi connectivity index (χ0n) is 11.2. The molecule has 0 spiro atoms. The van der Waals surface area contributed by atoms with Crippen LogP contribution < -0.4 is 5.73 Å². The standard InChI is InChI=1S/C15H14BrFN2OS/c16-11-7-12(17)13(18)6-10(11)15(20)19-4-1-2-14(19)9-3-5-21-8-9/h3,5-8,14H,1-2,4,18H2. The van der Waals surface area contributed by atoms with Crippen LogP contribution in [0, 0.1) is 5.82 Å². The number of likely N-dealkylation sites (tertiary alicyclic amines) is 1. The Morgan fingerprint density at radius 2 is 2.29 bits per heavy atom. The van der Waals surface area contributed by atoms with Crippen LogP contribution in [0.3, 0.4) is 0 Å². The van der Waals surface area contributed by atoms with E-state index in [4.69, 9.17) is 5.73 Å². The topological polar surface area (TPSA) is 46.3 Å². The van der Waals surface area contributed by atoms with E-state index >= 15 is 0 Å². The molecule has 2 N–H and O–H groups in total. The normalized spacial score (nSPS) is 18.2. The van der Waals surface area contributed by atoms with Gasteiger partial charge in [-0.25, -0.2) is 4.39 Å². The maximum Gasteiger partial charge on any atom is 0.255 e. The Bertz CT molecular complexity index is 675. The van der Waals surface area contributed by atoms with Gasteiger partial charge < -0.3 is 10.6 Å². The lowest BCUT2D eigenvalue weighted by molar-refractivity contribution is 0.0735. The van der Waals surface area contributed by atoms with E-state index in [1.807, 2.05) is 10.3 Å². The first-order chi connectivity index (χ1) is 10.1. The lowest BCUT2D eigenvalue weighted by Gasteiger charge is -2.25. The number of nitrogens with two attached hydrogens (primary N) is 1. The Morgan fingerprint density at radius 1 is 1.48 bits per heavy atom. The Kier molecular flexibility index (Phi) is 3.99. The van der Waals surface area contributed by atoms with Gasteiger partial charge in [0.1, 0.15) is 5.82 Å². The molecule has 1 atom stereocenters. The van der Waals surface area contributed by atoms with Gasteiger partial charge >= 0.3 is 0 Å². The molecule has 21 heavy (non-hydrogen) atoms. The van der Waals surface area contributed by atoms with Crippen LogP contribution in [-0.2, 0) is 0 Å². The summed E-state index contributed by atoms with van der Waals surface area (Å²) in [7, 11) is 0. The summed E-state index contributed by atoms with van der Waals surface area (Å²) in [5.74, 6) is -0.628. The average molecular weight is 369 g/mol. The Morgan fingerprint density at radius 3 is 3.00 bits per heavy atom. The number of hydrogen-bond donors (Lipinski definition) is 1. The second-order valence-corrected chi connectivity index (χ2v) is 6.70. The predicted molar refractivity (Wildman–Crippen MR) is 85.8 cm³/mol. The highest BCUT2D eigenvalue weighted by atomic mass is 79.9. The van der Waals surface area contributed by atoms with Gasteiger partial charge in [-0.2, -0.15) is 11.3 Å². The zero-order chi connectivity index (χ0) is 15.0. The summed E-state index contributed by atoms with van der Waals surface area (Å²) in [6.45, 7) is 0.711. The molecule has 0 radical (unpaired) electrons. The van der Waals surface area contributed by atoms with E-state index in [1.54, 1.807) is 11.3 Å². The molecule has 1 aliphatic heterocycles. The number of hydrogen-bond acceptors (Lipinski definition) is 3. The van der Waals surface area contributed by atoms with Gasteiger partial charge in [0, 0.05) is 11.0 Å². The van der Waals surface area contributed by atoms with Gasteiger partial charge in [0.05, 0.1) is 17.3 Å². The Hall–Kier alpha value is -1.40. The first-order valence-corrected chi connectivity index (χ1v) is 8.39. The number of carbonyl (C=O) groups excluding carboxylic acids is 1. The van der Waals surface area contributed by atoms with Crippen LogP contribution in [-0.4, -0.2) is 17.4 Å². The monoisotopic (exact) mass is 368 g/mol. The number of amides is 1. The first kappa shape index (κ1) is 14.5. The summed E-state index contributed by atoms with van der Waals surface area (Å²) in [4.78, 5) is 14.6. The molecule has 0 aliphatic carbocycles. The molecule has 0 saturated carbocycles. The Labute approximate surface area is 134 Å². The summed E-state index contributed by atoms with van der Waals surface area (Å²) >= 11 is 4.88. The third-order valence-electron chi connectivity index (χ3n) is 3.76. The van der Waals surface area contributed by atoms with Crippen molar-refractivity contribution < 1.29 is 9.18 Å². The second kappa shape index (κ2) is 5.77. The third-order valence-corrected chi connectivity index (χ3v) is 5.12. The van der Waals surface area contributed by atoms with Crippen LogP contribution >= 0.6 is 27.3 Å². The van der Waals surface area contributed by atoms with Crippen molar-refractivity contribution in [2.75, 3.05) is 12.3 Å². The molecule has 2 heterocycles. The number of rotatable bonds is 2. The fourth-order valence-corrected chi connectivity index (χ4v) is 3.90. The van der Waals surface area contributed by atoms with Gasteiger partial charge in [0.25, 0.3) is 5.91 Å². The van der Waals surface area contributed by atoms with Gasteiger partial charge in [-0.05, 0) is 63.3 Å². The molecule has 0 bridgehead atoms. The Balaban J connectivity index is 1.93. The van der Waals surface area contributed by atoms with E-state index < -0.39 is 5.82 Å². The lowest BCUT2D eigenvalue weighted by atomic mass is 10.1. The van der Waals surface area contributed by atoms with Crippen LogP contribution in [0.4, 0.5) is 10.1 Å². The molecule has 110 valence electrons. The van der Waals surface area contributed by atoms with Gasteiger partial charge in [0.2, 0.25) is 0 Å². The molecular formula is C15H14BrFN2OS. The van der Waals surface area contributed by atoms with Crippen LogP contribution in [0.5, 0.6) is 0 Å². The lowest BCUT2D eigenvalue weighted by Crippen LogP contribution is -2.30. The van der Waals surface area contributed by atoms with Crippen molar-refractivity contribution in [1.29, 1.82) is 0 Å². The van der Waals surface area contributed by atoms with Crippen molar-refractivity contribution in [1.82, 2.24) is 4.90 Å². The van der Waals surface area contributed by atoms with Gasteiger partial charge in [-0.1, -0.05) is 0 Å². The van der Waals surface area contributed by atoms with Crippen LogP contribution in [0.15, 0.2) is 33.4 Å². The number of nitrogen functional groups attached to an aromatic ring is 1. The predicted octanol–water partition coefficient (Wildman–Crippen LogP) is 4.21. The molecule has 3 rings (SSSR count). The fourth-order valence-electron chi connectivity index (χ4n) is 2.71. The minimum atomic E-state index is -0.519. The highest BCUT2D eigenvalue weighted by Crippen LogP contribution is 2.35. The largest absolute Gasteiger partial charge is 0.396 e. The molecular weight excluding hydrogens is 355 g/mol. The molecule has 1 unspecified atom stereocenters. The number of nitrogens with zero attached hydrogens (tertiary/aromatic N) is 1. The molecule has 1 aromatic heterocycles. The maximum atomic E-state index is 13.4. The number of anilines is 1. The minimum Gasteiger partial charge on any atom is -0.396 e. The third kappa shape index (κ3) is 2.70. The summed E-state index contributed by atoms with van der Waals surface area (Å²) < 4.78 is 13.9. The van der Waals surface area contributed by atoms with Crippen molar-refractivity contribution in [3.63, 3.8) is 0 Å². The highest BCUT2D eigenvalue weighted by molar-refractivity contribution is 9.10. The summed E-state index contributed by atoms with van der Waals surface area (Å²) in [6.07, 6.45) is 1.93. The van der Waals surface area contributed by atoms with Crippen LogP contribution in [0.1, 0.15) is 34.8 Å². The van der Waals surface area contributed by atoms with Gasteiger partial charge in [0.15, 0.2) is 0 Å². The summed E-state index contributed by atoms with van der Waals surface area (Å²) in [5.41, 5.74) is 7.16. The van der Waals surface area contributed by atoms with E-state index in [-0.39, 0.29) is 17.6 Å². The molecule has 6 heteroatoms. The molecule has 1 amide bonds. The molecule has 1 aromatic carbocycles. The summed E-state index contributed by atoms with van der Waals surface area (Å²) in [6, 6.07) is 4.81. The minimum absolute atomic E-state index is 0.00664. The number of carbonyl (C=O) groups is 1. The molecule has 1 saturated heterocycles. The molecule has 2 aromatic rings. The van der Waals surface area contributed by atoms with E-state index in [9.17, 15) is 9.18 Å². The summed E-state index contributed by atoms with van der Waals surface area (Å²) in [5, 5.41) is 4.09. The van der Waals surface area contributed by atoms with Crippen LogP contribution in [0.2, 0.25) is 0 Å². The van der Waals surface area contributed by atoms with Crippen molar-refractivity contribution >= 4 is 38.9 Å².